The number of hydrogen-bond donors (Lipinski definition) is 1. The summed E-state index contributed by atoms with van der Waals surface area (Å²) in [5.74, 6) is 3.20. The maximum atomic E-state index is 13.3. The fourth-order valence-electron chi connectivity index (χ4n) is 6.16. The van der Waals surface area contributed by atoms with Gasteiger partial charge in [-0.25, -0.2) is 0 Å². The molecule has 0 aliphatic heterocycles. The fourth-order valence-corrected chi connectivity index (χ4v) is 6.89. The van der Waals surface area contributed by atoms with Crippen molar-refractivity contribution in [3.8, 4) is 5.69 Å². The molecule has 0 unspecified atom stereocenters. The Morgan fingerprint density at radius 3 is 2.43 bits per heavy atom. The molecule has 0 spiro atoms. The van der Waals surface area contributed by atoms with Gasteiger partial charge in [0.05, 0.1) is 17.3 Å². The van der Waals surface area contributed by atoms with E-state index in [2.05, 4.69) is 15.5 Å². The summed E-state index contributed by atoms with van der Waals surface area (Å²) in [6.45, 7) is 0.374. The van der Waals surface area contributed by atoms with E-state index >= 15 is 0 Å². The Balaban J connectivity index is 1.37. The molecule has 7 heteroatoms. The van der Waals surface area contributed by atoms with Crippen molar-refractivity contribution in [3.05, 3.63) is 35.1 Å². The van der Waals surface area contributed by atoms with Crippen LogP contribution in [0, 0.1) is 23.2 Å². The van der Waals surface area contributed by atoms with Gasteiger partial charge >= 0.3 is 0 Å². The second-order valence-electron chi connectivity index (χ2n) is 8.77. The van der Waals surface area contributed by atoms with Crippen LogP contribution in [0.25, 0.3) is 5.69 Å². The van der Waals surface area contributed by atoms with Crippen LogP contribution in [0.1, 0.15) is 44.3 Å². The summed E-state index contributed by atoms with van der Waals surface area (Å²) < 4.78 is 1.95. The first kappa shape index (κ1) is 18.5. The van der Waals surface area contributed by atoms with Gasteiger partial charge in [-0.3, -0.25) is 9.36 Å². The van der Waals surface area contributed by atoms with E-state index in [9.17, 15) is 4.79 Å². The first-order valence-electron chi connectivity index (χ1n) is 10.1. The molecular formula is C21H25ClN4OS. The quantitative estimate of drug-likeness (QED) is 0.730. The van der Waals surface area contributed by atoms with Gasteiger partial charge in [0.15, 0.2) is 11.0 Å². The van der Waals surface area contributed by atoms with Crippen LogP contribution in [0.2, 0.25) is 5.02 Å². The van der Waals surface area contributed by atoms with E-state index in [1.807, 2.05) is 35.1 Å². The molecule has 148 valence electrons. The molecule has 5 nitrogen and oxygen atoms in total. The molecule has 28 heavy (non-hydrogen) atoms. The lowest BCUT2D eigenvalue weighted by atomic mass is 9.49. The number of thioether (sulfide) groups is 1. The minimum Gasteiger partial charge on any atom is -0.348 e. The van der Waals surface area contributed by atoms with Crippen molar-refractivity contribution in [2.24, 2.45) is 23.2 Å². The molecule has 0 saturated heterocycles. The standard InChI is InChI=1S/C21H25ClN4OS/c1-28-20-25-24-18(26(20)17-5-3-2-4-16(17)22)12-23-19(27)21-9-13-6-14(10-21)8-15(7-13)11-21/h2-5,13-15H,6-12H2,1H3,(H,23,27). The van der Waals surface area contributed by atoms with Crippen LogP contribution in [0.4, 0.5) is 0 Å². The van der Waals surface area contributed by atoms with Crippen LogP contribution < -0.4 is 5.32 Å². The lowest BCUT2D eigenvalue weighted by molar-refractivity contribution is -0.146. The monoisotopic (exact) mass is 416 g/mol. The number of para-hydroxylation sites is 1. The summed E-state index contributed by atoms with van der Waals surface area (Å²) in [6, 6.07) is 7.67. The smallest absolute Gasteiger partial charge is 0.226 e. The summed E-state index contributed by atoms with van der Waals surface area (Å²) in [5.41, 5.74) is 0.698. The molecule has 4 aliphatic rings. The zero-order valence-corrected chi connectivity index (χ0v) is 17.6. The molecule has 1 aromatic carbocycles. The number of nitrogens with zero attached hydrogens (tertiary/aromatic N) is 3. The highest BCUT2D eigenvalue weighted by Crippen LogP contribution is 2.60. The lowest BCUT2D eigenvalue weighted by Gasteiger charge is -2.55. The molecule has 1 amide bonds. The molecule has 2 aromatic rings. The Morgan fingerprint density at radius 1 is 1.18 bits per heavy atom. The highest BCUT2D eigenvalue weighted by Gasteiger charge is 2.54. The van der Waals surface area contributed by atoms with Gasteiger partial charge in [0.25, 0.3) is 0 Å². The third kappa shape index (κ3) is 3.05. The summed E-state index contributed by atoms with van der Waals surface area (Å²) in [4.78, 5) is 13.3. The van der Waals surface area contributed by atoms with E-state index in [1.165, 1.54) is 31.0 Å². The van der Waals surface area contributed by atoms with E-state index in [-0.39, 0.29) is 11.3 Å². The SMILES string of the molecule is CSc1nnc(CNC(=O)C23CC4CC(CC(C4)C2)C3)n1-c1ccccc1Cl. The third-order valence-corrected chi connectivity index (χ3v) is 7.85. The van der Waals surface area contributed by atoms with Crippen molar-refractivity contribution in [3.63, 3.8) is 0 Å². The highest BCUT2D eigenvalue weighted by molar-refractivity contribution is 7.98. The molecular weight excluding hydrogens is 392 g/mol. The molecule has 1 heterocycles. The number of carbonyl (C=O) groups is 1. The van der Waals surface area contributed by atoms with Gasteiger partial charge in [0.2, 0.25) is 5.91 Å². The Morgan fingerprint density at radius 2 is 1.82 bits per heavy atom. The van der Waals surface area contributed by atoms with E-state index in [0.29, 0.717) is 11.6 Å². The van der Waals surface area contributed by atoms with Crippen molar-refractivity contribution < 1.29 is 4.79 Å². The van der Waals surface area contributed by atoms with Gasteiger partial charge < -0.3 is 5.32 Å². The van der Waals surface area contributed by atoms with E-state index in [0.717, 1.165) is 53.7 Å². The molecule has 0 radical (unpaired) electrons. The molecule has 0 atom stereocenters. The zero-order valence-electron chi connectivity index (χ0n) is 16.0. The minimum absolute atomic E-state index is 0.146. The number of halogens is 1. The maximum absolute atomic E-state index is 13.3. The Bertz CT molecular complexity index is 876. The van der Waals surface area contributed by atoms with Crippen LogP contribution >= 0.6 is 23.4 Å². The number of nitrogens with one attached hydrogen (secondary N) is 1. The normalized spacial score (nSPS) is 30.6. The van der Waals surface area contributed by atoms with Gasteiger partial charge in [-0.15, -0.1) is 10.2 Å². The van der Waals surface area contributed by atoms with Crippen LogP contribution in [0.5, 0.6) is 0 Å². The fraction of sp³-hybridized carbons (Fsp3) is 0.571. The maximum Gasteiger partial charge on any atom is 0.226 e. The Hall–Kier alpha value is -1.53. The number of carbonyl (C=O) groups excluding carboxylic acids is 1. The van der Waals surface area contributed by atoms with Crippen molar-refractivity contribution in [2.45, 2.75) is 50.2 Å². The first-order chi connectivity index (χ1) is 13.6. The number of amides is 1. The van der Waals surface area contributed by atoms with E-state index in [4.69, 9.17) is 11.6 Å². The van der Waals surface area contributed by atoms with Crippen LogP contribution in [-0.2, 0) is 11.3 Å². The third-order valence-electron chi connectivity index (χ3n) is 6.90. The second-order valence-corrected chi connectivity index (χ2v) is 9.95. The van der Waals surface area contributed by atoms with Gasteiger partial charge in [-0.05, 0) is 74.7 Å². The van der Waals surface area contributed by atoms with E-state index < -0.39 is 0 Å². The van der Waals surface area contributed by atoms with E-state index in [1.54, 1.807) is 0 Å². The Labute approximate surface area is 174 Å². The molecule has 4 saturated carbocycles. The highest BCUT2D eigenvalue weighted by atomic mass is 35.5. The summed E-state index contributed by atoms with van der Waals surface area (Å²) >= 11 is 7.94. The summed E-state index contributed by atoms with van der Waals surface area (Å²) in [6.07, 6.45) is 9.18. The summed E-state index contributed by atoms with van der Waals surface area (Å²) in [7, 11) is 0. The first-order valence-corrected chi connectivity index (χ1v) is 11.7. The van der Waals surface area contributed by atoms with Crippen LogP contribution in [0.3, 0.4) is 0 Å². The van der Waals surface area contributed by atoms with Crippen LogP contribution in [0.15, 0.2) is 29.4 Å². The second kappa shape index (κ2) is 7.06. The van der Waals surface area contributed by atoms with Crippen molar-refractivity contribution in [1.82, 2.24) is 20.1 Å². The van der Waals surface area contributed by atoms with Gasteiger partial charge in [-0.2, -0.15) is 0 Å². The van der Waals surface area contributed by atoms with Gasteiger partial charge in [0, 0.05) is 5.41 Å². The van der Waals surface area contributed by atoms with Crippen molar-refractivity contribution >= 4 is 29.3 Å². The number of aromatic nitrogens is 3. The largest absolute Gasteiger partial charge is 0.348 e. The van der Waals surface area contributed by atoms with Crippen molar-refractivity contribution in [1.29, 1.82) is 0 Å². The lowest BCUT2D eigenvalue weighted by Crippen LogP contribution is -2.53. The molecule has 6 rings (SSSR count). The Kier molecular flexibility index (Phi) is 4.67. The minimum atomic E-state index is -0.146. The molecule has 1 aromatic heterocycles. The molecule has 1 N–H and O–H groups in total. The van der Waals surface area contributed by atoms with Crippen molar-refractivity contribution in [2.75, 3.05) is 6.26 Å². The number of benzene rings is 1. The predicted octanol–water partition coefficient (Wildman–Crippen LogP) is 4.48. The average molecular weight is 417 g/mol. The van der Waals surface area contributed by atoms with Gasteiger partial charge in [-0.1, -0.05) is 35.5 Å². The van der Waals surface area contributed by atoms with Gasteiger partial charge in [0.1, 0.15) is 0 Å². The number of rotatable bonds is 5. The molecule has 4 fully saturated rings. The number of hydrogen-bond acceptors (Lipinski definition) is 4. The molecule has 4 bridgehead atoms. The predicted molar refractivity (Wildman–Crippen MR) is 111 cm³/mol. The topological polar surface area (TPSA) is 59.8 Å². The van der Waals surface area contributed by atoms with Crippen LogP contribution in [-0.4, -0.2) is 26.9 Å². The molecule has 4 aliphatic carbocycles. The zero-order chi connectivity index (χ0) is 19.3. The average Bonchev–Trinajstić information content (AvgIpc) is 3.08. The summed E-state index contributed by atoms with van der Waals surface area (Å²) in [5, 5.41) is 13.3.